The van der Waals surface area contributed by atoms with Crippen molar-refractivity contribution in [2.75, 3.05) is 5.75 Å². The van der Waals surface area contributed by atoms with E-state index >= 15 is 0 Å². The van der Waals surface area contributed by atoms with Gasteiger partial charge in [-0.3, -0.25) is 4.98 Å². The van der Waals surface area contributed by atoms with Crippen LogP contribution in [0.1, 0.15) is 11.9 Å². The fourth-order valence-electron chi connectivity index (χ4n) is 2.05. The summed E-state index contributed by atoms with van der Waals surface area (Å²) in [5, 5.41) is 1.78. The number of hydrogen-bond donors (Lipinski definition) is 0. The quantitative estimate of drug-likeness (QED) is 0.615. The number of alkyl halides is 5. The SMILES string of the molecule is CCS(=O)(=O)c1cccnc1-c1cn2nc(C(F)(F)C(F)(F)F)sc2n1. The van der Waals surface area contributed by atoms with Crippen LogP contribution in [0.4, 0.5) is 22.0 Å². The van der Waals surface area contributed by atoms with Crippen LogP contribution in [0.3, 0.4) is 0 Å². The normalized spacial score (nSPS) is 13.5. The number of imidazole rings is 1. The van der Waals surface area contributed by atoms with Crippen molar-refractivity contribution in [2.45, 2.75) is 23.9 Å². The van der Waals surface area contributed by atoms with Crippen molar-refractivity contribution >= 4 is 26.1 Å². The molecule has 6 nitrogen and oxygen atoms in total. The Hall–Kier alpha value is -2.15. The average molecular weight is 412 g/mol. The van der Waals surface area contributed by atoms with Gasteiger partial charge in [-0.1, -0.05) is 18.3 Å². The lowest BCUT2D eigenvalue weighted by molar-refractivity contribution is -0.289. The lowest BCUT2D eigenvalue weighted by Crippen LogP contribution is -2.33. The molecule has 0 N–H and O–H groups in total. The minimum absolute atomic E-state index is 0.00162. The van der Waals surface area contributed by atoms with E-state index in [1.807, 2.05) is 0 Å². The third kappa shape index (κ3) is 2.94. The molecule has 13 heteroatoms. The molecule has 0 aliphatic rings. The summed E-state index contributed by atoms with van der Waals surface area (Å²) >= 11 is 0.0592. The molecule has 0 aliphatic carbocycles. The topological polar surface area (TPSA) is 77.2 Å². The molecule has 0 atom stereocenters. The lowest BCUT2D eigenvalue weighted by Gasteiger charge is -2.15. The van der Waals surface area contributed by atoms with Crippen molar-refractivity contribution < 1.29 is 30.4 Å². The first-order valence-corrected chi connectivity index (χ1v) is 9.43. The number of fused-ring (bicyclic) bond motifs is 1. The van der Waals surface area contributed by atoms with Crippen molar-refractivity contribution in [3.05, 3.63) is 29.5 Å². The molecule has 26 heavy (non-hydrogen) atoms. The van der Waals surface area contributed by atoms with Gasteiger partial charge in [-0.05, 0) is 12.1 Å². The number of sulfone groups is 1. The van der Waals surface area contributed by atoms with Crippen LogP contribution in [0.2, 0.25) is 0 Å². The Kier molecular flexibility index (Phi) is 4.26. The highest BCUT2D eigenvalue weighted by Crippen LogP contribution is 2.45. The maximum absolute atomic E-state index is 13.4. The van der Waals surface area contributed by atoms with Gasteiger partial charge in [0, 0.05) is 6.20 Å². The molecule has 3 rings (SSSR count). The lowest BCUT2D eigenvalue weighted by atomic mass is 10.3. The molecule has 0 radical (unpaired) electrons. The molecule has 140 valence electrons. The van der Waals surface area contributed by atoms with Gasteiger partial charge in [0.25, 0.3) is 0 Å². The fourth-order valence-corrected chi connectivity index (χ4v) is 3.98. The molecule has 0 fully saturated rings. The first-order valence-electron chi connectivity index (χ1n) is 6.96. The number of halogens is 5. The van der Waals surface area contributed by atoms with Gasteiger partial charge in [0.1, 0.15) is 11.4 Å². The maximum atomic E-state index is 13.4. The minimum atomic E-state index is -5.78. The molecule has 0 amide bonds. The third-order valence-electron chi connectivity index (χ3n) is 3.40. The van der Waals surface area contributed by atoms with Crippen molar-refractivity contribution in [1.82, 2.24) is 19.6 Å². The molecule has 3 aromatic heterocycles. The Balaban J connectivity index is 2.10. The predicted octanol–water partition coefficient (Wildman–Crippen LogP) is 3.30. The van der Waals surface area contributed by atoms with E-state index in [1.165, 1.54) is 25.3 Å². The van der Waals surface area contributed by atoms with Crippen molar-refractivity contribution in [1.29, 1.82) is 0 Å². The van der Waals surface area contributed by atoms with Gasteiger partial charge in [0.2, 0.25) is 4.96 Å². The third-order valence-corrected chi connectivity index (χ3v) is 6.15. The summed E-state index contributed by atoms with van der Waals surface area (Å²) < 4.78 is 89.0. The van der Waals surface area contributed by atoms with E-state index in [1.54, 1.807) is 0 Å². The van der Waals surface area contributed by atoms with Crippen LogP contribution in [-0.2, 0) is 15.8 Å². The van der Waals surface area contributed by atoms with Gasteiger partial charge >= 0.3 is 12.1 Å². The van der Waals surface area contributed by atoms with Crippen LogP contribution in [0, 0.1) is 0 Å². The summed E-state index contributed by atoms with van der Waals surface area (Å²) in [7, 11) is -3.65. The van der Waals surface area contributed by atoms with E-state index in [-0.39, 0.29) is 38.3 Å². The van der Waals surface area contributed by atoms with Gasteiger partial charge in [0.05, 0.1) is 16.8 Å². The fraction of sp³-hybridized carbons (Fsp3) is 0.308. The zero-order valence-electron chi connectivity index (χ0n) is 12.8. The number of hydrogen-bond acceptors (Lipinski definition) is 6. The highest BCUT2D eigenvalue weighted by atomic mass is 32.2. The number of rotatable bonds is 4. The molecule has 3 aromatic rings. The van der Waals surface area contributed by atoms with E-state index in [0.717, 1.165) is 10.7 Å². The first-order chi connectivity index (χ1) is 12.0. The van der Waals surface area contributed by atoms with E-state index in [4.69, 9.17) is 0 Å². The second-order valence-corrected chi connectivity index (χ2v) is 8.29. The highest BCUT2D eigenvalue weighted by Gasteiger charge is 2.61. The number of nitrogens with zero attached hydrogens (tertiary/aromatic N) is 4. The van der Waals surface area contributed by atoms with E-state index in [2.05, 4.69) is 15.1 Å². The maximum Gasteiger partial charge on any atom is 0.460 e. The molecule has 0 spiro atoms. The van der Waals surface area contributed by atoms with E-state index in [9.17, 15) is 30.4 Å². The molecule has 0 aromatic carbocycles. The van der Waals surface area contributed by atoms with Crippen molar-refractivity contribution in [2.24, 2.45) is 0 Å². The summed E-state index contributed by atoms with van der Waals surface area (Å²) in [5.74, 6) is -5.31. The van der Waals surface area contributed by atoms with Crippen molar-refractivity contribution in [3.63, 3.8) is 0 Å². The summed E-state index contributed by atoms with van der Waals surface area (Å²) in [6.45, 7) is 1.44. The van der Waals surface area contributed by atoms with Gasteiger partial charge < -0.3 is 0 Å². The first kappa shape index (κ1) is 18.6. The molecule has 3 heterocycles. The van der Waals surface area contributed by atoms with Crippen LogP contribution in [0.5, 0.6) is 0 Å². The molecular formula is C13H9F5N4O2S2. The van der Waals surface area contributed by atoms with Gasteiger partial charge in [-0.2, -0.15) is 27.1 Å². The highest BCUT2D eigenvalue weighted by molar-refractivity contribution is 7.91. The smallest absolute Gasteiger partial charge is 0.253 e. The summed E-state index contributed by atoms with van der Waals surface area (Å²) in [6, 6.07) is 2.72. The van der Waals surface area contributed by atoms with Gasteiger partial charge in [-0.15, -0.1) is 0 Å². The second kappa shape index (κ2) is 5.94. The van der Waals surface area contributed by atoms with Crippen LogP contribution >= 0.6 is 11.3 Å². The van der Waals surface area contributed by atoms with Gasteiger partial charge in [-0.25, -0.2) is 17.9 Å². The number of aromatic nitrogens is 4. The Bertz CT molecular complexity index is 1040. The standard InChI is InChI=1S/C13H9F5N4O2S2/c1-2-26(23,24)8-4-3-5-19-9(8)7-6-22-11(20-7)25-10(21-22)12(14,15)13(16,17)18/h3-6H,2H2,1H3. The Morgan fingerprint density at radius 2 is 1.92 bits per heavy atom. The van der Waals surface area contributed by atoms with E-state index in [0.29, 0.717) is 0 Å². The van der Waals surface area contributed by atoms with Crippen molar-refractivity contribution in [3.8, 4) is 11.4 Å². The predicted molar refractivity (Wildman–Crippen MR) is 81.8 cm³/mol. The Morgan fingerprint density at radius 3 is 2.50 bits per heavy atom. The number of pyridine rings is 1. The average Bonchev–Trinajstić information content (AvgIpc) is 3.13. The zero-order valence-corrected chi connectivity index (χ0v) is 14.5. The summed E-state index contributed by atoms with van der Waals surface area (Å²) in [5.41, 5.74) is -0.0329. The second-order valence-electron chi connectivity index (χ2n) is 5.09. The zero-order chi connectivity index (χ0) is 19.3. The molecule has 0 aliphatic heterocycles. The van der Waals surface area contributed by atoms with E-state index < -0.39 is 26.9 Å². The summed E-state index contributed by atoms with van der Waals surface area (Å²) in [6.07, 6.45) is -3.41. The minimum Gasteiger partial charge on any atom is -0.253 e. The van der Waals surface area contributed by atoms with Gasteiger partial charge in [0.15, 0.2) is 14.8 Å². The molecule has 0 bridgehead atoms. The Labute approximate surface area is 147 Å². The largest absolute Gasteiger partial charge is 0.460 e. The van der Waals surface area contributed by atoms with Crippen LogP contribution in [0.15, 0.2) is 29.4 Å². The molecular weight excluding hydrogens is 403 g/mol. The van der Waals surface area contributed by atoms with Crippen LogP contribution in [-0.4, -0.2) is 39.9 Å². The molecule has 0 unspecified atom stereocenters. The Morgan fingerprint density at radius 1 is 1.23 bits per heavy atom. The molecule has 0 saturated heterocycles. The molecule has 0 saturated carbocycles. The summed E-state index contributed by atoms with van der Waals surface area (Å²) in [4.78, 5) is 7.48. The van der Waals surface area contributed by atoms with Crippen LogP contribution in [0.25, 0.3) is 16.3 Å². The monoisotopic (exact) mass is 412 g/mol. The van der Waals surface area contributed by atoms with Crippen LogP contribution < -0.4 is 0 Å².